The Labute approximate surface area is 306 Å². The number of hydrogen-bond acceptors (Lipinski definition) is 4. The van der Waals surface area contributed by atoms with Crippen LogP contribution in [0.25, 0.3) is 64.6 Å². The molecule has 0 N–H and O–H groups in total. The molecule has 264 valence electrons. The average molecular weight is 689 g/mol. The molecule has 0 amide bonds. The normalized spacial score (nSPS) is 16.6. The Bertz CT molecular complexity index is 2100. The molecule has 1 heterocycles. The first-order valence-electron chi connectivity index (χ1n) is 19.8. The molecule has 0 atom stereocenters. The molecule has 0 unspecified atom stereocenters. The Morgan fingerprint density at radius 1 is 0.250 bits per heavy atom. The number of hydrogen-bond donors (Lipinski definition) is 0. The van der Waals surface area contributed by atoms with Crippen molar-refractivity contribution in [3.05, 3.63) is 97.1 Å². The van der Waals surface area contributed by atoms with Crippen LogP contribution in [0.1, 0.15) is 77.0 Å². The van der Waals surface area contributed by atoms with Crippen molar-refractivity contribution < 1.29 is 18.9 Å². The van der Waals surface area contributed by atoms with Gasteiger partial charge >= 0.3 is 0 Å². The van der Waals surface area contributed by atoms with Crippen LogP contribution in [0.4, 0.5) is 0 Å². The van der Waals surface area contributed by atoms with Gasteiger partial charge in [0.25, 0.3) is 0 Å². The van der Waals surface area contributed by atoms with Crippen molar-refractivity contribution in [3.8, 4) is 23.0 Å². The first kappa shape index (κ1) is 32.9. The van der Waals surface area contributed by atoms with Crippen LogP contribution in [0.2, 0.25) is 0 Å². The van der Waals surface area contributed by atoms with Gasteiger partial charge in [-0.15, -0.1) is 0 Å². The molecule has 0 aromatic heterocycles. The van der Waals surface area contributed by atoms with Gasteiger partial charge in [-0.25, -0.2) is 0 Å². The summed E-state index contributed by atoms with van der Waals surface area (Å²) in [5, 5.41) is 14.8. The van der Waals surface area contributed by atoms with Crippen LogP contribution in [0.5, 0.6) is 23.0 Å². The lowest BCUT2D eigenvalue weighted by atomic mass is 9.93. The minimum absolute atomic E-state index is 0.691. The van der Waals surface area contributed by atoms with E-state index in [2.05, 4.69) is 97.1 Å². The topological polar surface area (TPSA) is 36.9 Å². The highest BCUT2D eigenvalue weighted by Gasteiger charge is 2.22. The molecule has 8 aromatic carbocycles. The highest BCUT2D eigenvalue weighted by molar-refractivity contribution is 6.27. The Morgan fingerprint density at radius 2 is 0.481 bits per heavy atom. The maximum atomic E-state index is 6.70. The van der Waals surface area contributed by atoms with Crippen molar-refractivity contribution >= 4 is 64.6 Å². The van der Waals surface area contributed by atoms with E-state index in [1.165, 1.54) is 68.8 Å². The highest BCUT2D eigenvalue weighted by atomic mass is 16.5. The van der Waals surface area contributed by atoms with Crippen LogP contribution < -0.4 is 18.9 Å². The first-order chi connectivity index (χ1) is 25.9. The van der Waals surface area contributed by atoms with Crippen LogP contribution >= 0.6 is 0 Å². The second-order valence-electron chi connectivity index (χ2n) is 14.7. The lowest BCUT2D eigenvalue weighted by molar-refractivity contribution is 0.258. The quantitative estimate of drug-likeness (QED) is 0.149. The molecule has 0 fully saturated rings. The third kappa shape index (κ3) is 6.16. The van der Waals surface area contributed by atoms with Crippen LogP contribution in [0.15, 0.2) is 97.1 Å². The van der Waals surface area contributed by atoms with Crippen molar-refractivity contribution in [3.63, 3.8) is 0 Å². The van der Waals surface area contributed by atoms with Crippen molar-refractivity contribution in [2.24, 2.45) is 0 Å². The summed E-state index contributed by atoms with van der Waals surface area (Å²) in [5.41, 5.74) is 0. The lowest BCUT2D eigenvalue weighted by Crippen LogP contribution is -2.05. The monoisotopic (exact) mass is 688 g/mol. The zero-order chi connectivity index (χ0) is 34.7. The van der Waals surface area contributed by atoms with E-state index in [0.29, 0.717) is 26.4 Å². The van der Waals surface area contributed by atoms with Crippen LogP contribution in [-0.2, 0) is 0 Å². The summed E-state index contributed by atoms with van der Waals surface area (Å²) in [6.07, 6.45) is 13.4. The first-order valence-corrected chi connectivity index (χ1v) is 19.8. The predicted molar refractivity (Wildman–Crippen MR) is 218 cm³/mol. The van der Waals surface area contributed by atoms with E-state index in [9.17, 15) is 0 Å². The predicted octanol–water partition coefficient (Wildman–Crippen LogP) is 13.4. The summed E-state index contributed by atoms with van der Waals surface area (Å²) in [7, 11) is 0. The second-order valence-corrected chi connectivity index (χ2v) is 14.7. The van der Waals surface area contributed by atoms with E-state index in [1.54, 1.807) is 0 Å². The Morgan fingerprint density at radius 3 is 0.731 bits per heavy atom. The van der Waals surface area contributed by atoms with Crippen LogP contribution in [-0.4, -0.2) is 26.4 Å². The van der Waals surface area contributed by atoms with Gasteiger partial charge in [-0.1, -0.05) is 148 Å². The molecule has 4 heteroatoms. The molecular weight excluding hydrogens is 641 g/mol. The van der Waals surface area contributed by atoms with Gasteiger partial charge in [-0.2, -0.15) is 0 Å². The fourth-order valence-electron chi connectivity index (χ4n) is 8.65. The van der Waals surface area contributed by atoms with Gasteiger partial charge in [0.15, 0.2) is 23.0 Å². The third-order valence-electron chi connectivity index (χ3n) is 11.2. The maximum absolute atomic E-state index is 6.70. The van der Waals surface area contributed by atoms with E-state index in [1.807, 2.05) is 0 Å². The minimum atomic E-state index is 0.691. The van der Waals surface area contributed by atoms with Crippen LogP contribution in [0, 0.1) is 0 Å². The Kier molecular flexibility index (Phi) is 9.46. The standard InChI is InChI=1S/C48H48O4/c1-2-6-10-30-50-47-39-23-15-19-35-27-28-36-20-16-24-40(44(36)43(35)39)48(47)52-32-12-8-4-3-7-11-31-51-46-38-22-14-18-34-26-25-33-17-13-21-37(41(33)42(34)38)45(46)49-29-9-5-1/h13-28H,1-12,29-32H2. The van der Waals surface area contributed by atoms with Gasteiger partial charge < -0.3 is 18.9 Å². The van der Waals surface area contributed by atoms with Gasteiger partial charge in [0, 0.05) is 43.1 Å². The largest absolute Gasteiger partial charge is 0.489 e. The smallest absolute Gasteiger partial charge is 0.169 e. The molecule has 9 rings (SSSR count). The molecule has 52 heavy (non-hydrogen) atoms. The molecule has 0 saturated heterocycles. The van der Waals surface area contributed by atoms with E-state index in [0.717, 1.165) is 95.9 Å². The zero-order valence-corrected chi connectivity index (χ0v) is 30.2. The molecule has 4 nitrogen and oxygen atoms in total. The molecule has 0 bridgehead atoms. The van der Waals surface area contributed by atoms with Crippen molar-refractivity contribution in [2.45, 2.75) is 77.0 Å². The Balaban J connectivity index is 0.935. The van der Waals surface area contributed by atoms with E-state index < -0.39 is 0 Å². The fourth-order valence-corrected chi connectivity index (χ4v) is 8.65. The van der Waals surface area contributed by atoms with Gasteiger partial charge in [0.2, 0.25) is 0 Å². The zero-order valence-electron chi connectivity index (χ0n) is 30.2. The summed E-state index contributed by atoms with van der Waals surface area (Å²) in [6.45, 7) is 2.76. The van der Waals surface area contributed by atoms with Gasteiger partial charge in [0.1, 0.15) is 0 Å². The third-order valence-corrected chi connectivity index (χ3v) is 11.2. The second kappa shape index (κ2) is 14.9. The summed E-state index contributed by atoms with van der Waals surface area (Å²) in [4.78, 5) is 0. The lowest BCUT2D eigenvalue weighted by Gasteiger charge is -2.21. The number of benzene rings is 8. The summed E-state index contributed by atoms with van der Waals surface area (Å²) >= 11 is 0. The van der Waals surface area contributed by atoms with E-state index >= 15 is 0 Å². The van der Waals surface area contributed by atoms with E-state index in [4.69, 9.17) is 18.9 Å². The molecule has 1 aliphatic rings. The van der Waals surface area contributed by atoms with Gasteiger partial charge in [-0.3, -0.25) is 0 Å². The molecule has 0 spiro atoms. The summed E-state index contributed by atoms with van der Waals surface area (Å²) < 4.78 is 26.8. The molecule has 1 aliphatic heterocycles. The molecule has 0 radical (unpaired) electrons. The number of rotatable bonds is 0. The van der Waals surface area contributed by atoms with Crippen molar-refractivity contribution in [2.75, 3.05) is 26.4 Å². The molecule has 0 aliphatic carbocycles. The van der Waals surface area contributed by atoms with E-state index in [-0.39, 0.29) is 0 Å². The maximum Gasteiger partial charge on any atom is 0.169 e. The average Bonchev–Trinajstić information content (AvgIpc) is 3.18. The van der Waals surface area contributed by atoms with Gasteiger partial charge in [0.05, 0.1) is 26.4 Å². The van der Waals surface area contributed by atoms with Crippen LogP contribution in [0.3, 0.4) is 0 Å². The van der Waals surface area contributed by atoms with Crippen molar-refractivity contribution in [1.29, 1.82) is 0 Å². The number of ether oxygens (including phenoxy) is 4. The number of fused-ring (bicyclic) bond motifs is 6. The molecular formula is C48H48O4. The summed E-state index contributed by atoms with van der Waals surface area (Å²) in [6, 6.07) is 35.2. The Hall–Kier alpha value is -4.96. The summed E-state index contributed by atoms with van der Waals surface area (Å²) in [5.74, 6) is 3.65. The molecule has 8 aromatic rings. The van der Waals surface area contributed by atoms with Gasteiger partial charge in [-0.05, 0) is 47.2 Å². The molecule has 0 saturated carbocycles. The minimum Gasteiger partial charge on any atom is -0.489 e. The highest BCUT2D eigenvalue weighted by Crippen LogP contribution is 2.49. The fraction of sp³-hybridized carbons (Fsp3) is 0.333. The van der Waals surface area contributed by atoms with Crippen molar-refractivity contribution in [1.82, 2.24) is 0 Å². The SMILES string of the molecule is c1cc2ccc3cccc4c5c(c(c1)c2c34)OCCCCCCCCOc1c(c2cccc3ccc4cccc1c4c32)OCCCCCCCCO5.